The molecule has 0 spiro atoms. The Kier molecular flexibility index (Phi) is 5.99. The molecule has 0 heterocycles. The molecule has 0 saturated heterocycles. The monoisotopic (exact) mass is 306 g/mol. The van der Waals surface area contributed by atoms with Crippen molar-refractivity contribution in [3.63, 3.8) is 0 Å². The van der Waals surface area contributed by atoms with Gasteiger partial charge in [-0.3, -0.25) is 4.79 Å². The Balaban J connectivity index is 1.91. The summed E-state index contributed by atoms with van der Waals surface area (Å²) in [6.07, 6.45) is 5.06. The third-order valence-electron chi connectivity index (χ3n) is 3.79. The summed E-state index contributed by atoms with van der Waals surface area (Å²) in [6.45, 7) is 0.662. The van der Waals surface area contributed by atoms with Gasteiger partial charge in [-0.05, 0) is 25.0 Å². The summed E-state index contributed by atoms with van der Waals surface area (Å²) in [7, 11) is 0. The van der Waals surface area contributed by atoms with E-state index < -0.39 is 0 Å². The maximum absolute atomic E-state index is 12.4. The minimum Gasteiger partial charge on any atom is -0.484 e. The summed E-state index contributed by atoms with van der Waals surface area (Å²) >= 11 is 4.92. The number of amides is 1. The van der Waals surface area contributed by atoms with Crippen LogP contribution in [0.1, 0.15) is 32.1 Å². The van der Waals surface area contributed by atoms with E-state index in [0.29, 0.717) is 29.7 Å². The quantitative estimate of drug-likeness (QED) is 0.787. The van der Waals surface area contributed by atoms with Gasteiger partial charge in [0.15, 0.2) is 6.61 Å². The Morgan fingerprint density at radius 3 is 2.57 bits per heavy atom. The highest BCUT2D eigenvalue weighted by atomic mass is 32.1. The van der Waals surface area contributed by atoms with Crippen LogP contribution in [-0.2, 0) is 4.79 Å². The second kappa shape index (κ2) is 7.98. The predicted octanol–water partition coefficient (Wildman–Crippen LogP) is 2.51. The van der Waals surface area contributed by atoms with Crippen LogP contribution in [0.3, 0.4) is 0 Å². The van der Waals surface area contributed by atoms with E-state index >= 15 is 0 Å². The van der Waals surface area contributed by atoms with Gasteiger partial charge in [-0.25, -0.2) is 0 Å². The van der Waals surface area contributed by atoms with Crippen molar-refractivity contribution in [2.45, 2.75) is 38.1 Å². The molecule has 0 unspecified atom stereocenters. The smallest absolute Gasteiger partial charge is 0.260 e. The van der Waals surface area contributed by atoms with Crippen molar-refractivity contribution < 1.29 is 9.53 Å². The lowest BCUT2D eigenvalue weighted by Gasteiger charge is -2.29. The molecule has 2 N–H and O–H groups in total. The number of benzene rings is 1. The normalized spacial score (nSPS) is 14.9. The number of nitrogens with two attached hydrogens (primary N) is 1. The molecule has 1 aliphatic rings. The van der Waals surface area contributed by atoms with Crippen molar-refractivity contribution in [1.82, 2.24) is 4.90 Å². The van der Waals surface area contributed by atoms with Gasteiger partial charge in [0.05, 0.1) is 4.99 Å². The van der Waals surface area contributed by atoms with E-state index in [9.17, 15) is 4.79 Å². The van der Waals surface area contributed by atoms with Gasteiger partial charge in [-0.15, -0.1) is 0 Å². The molecular weight excluding hydrogens is 284 g/mol. The first-order valence-electron chi connectivity index (χ1n) is 7.42. The molecule has 1 aromatic rings. The molecular formula is C16H22N2O2S. The summed E-state index contributed by atoms with van der Waals surface area (Å²) in [5, 5.41) is 0. The fraction of sp³-hybridized carbons (Fsp3) is 0.500. The van der Waals surface area contributed by atoms with Gasteiger partial charge in [-0.1, -0.05) is 43.3 Å². The van der Waals surface area contributed by atoms with Gasteiger partial charge >= 0.3 is 0 Å². The van der Waals surface area contributed by atoms with Crippen molar-refractivity contribution in [3.05, 3.63) is 30.3 Å². The SMILES string of the molecule is NC(=S)CCN(C(=O)COc1ccccc1)C1CCCC1. The summed E-state index contributed by atoms with van der Waals surface area (Å²) in [6, 6.07) is 9.71. The fourth-order valence-corrected chi connectivity index (χ4v) is 2.79. The molecule has 2 rings (SSSR count). The van der Waals surface area contributed by atoms with Gasteiger partial charge in [0.2, 0.25) is 0 Å². The van der Waals surface area contributed by atoms with Gasteiger partial charge in [-0.2, -0.15) is 0 Å². The first-order chi connectivity index (χ1) is 10.2. The molecule has 4 nitrogen and oxygen atoms in total. The molecule has 1 aromatic carbocycles. The average molecular weight is 306 g/mol. The van der Waals surface area contributed by atoms with Crippen molar-refractivity contribution in [1.29, 1.82) is 0 Å². The first kappa shape index (κ1) is 15.8. The van der Waals surface area contributed by atoms with Crippen LogP contribution in [0.25, 0.3) is 0 Å². The number of para-hydroxylation sites is 1. The molecule has 0 atom stereocenters. The lowest BCUT2D eigenvalue weighted by Crippen LogP contribution is -2.43. The molecule has 0 radical (unpaired) electrons. The number of thiocarbonyl (C=S) groups is 1. The van der Waals surface area contributed by atoms with E-state index in [1.54, 1.807) is 0 Å². The number of carbonyl (C=O) groups is 1. The zero-order valence-corrected chi connectivity index (χ0v) is 13.0. The van der Waals surface area contributed by atoms with Crippen LogP contribution in [0.5, 0.6) is 5.75 Å². The van der Waals surface area contributed by atoms with E-state index in [1.807, 2.05) is 35.2 Å². The second-order valence-corrected chi connectivity index (χ2v) is 5.87. The minimum atomic E-state index is 0.0157. The molecule has 1 amide bonds. The molecule has 1 aliphatic carbocycles. The summed E-state index contributed by atoms with van der Waals surface area (Å²) < 4.78 is 5.56. The summed E-state index contributed by atoms with van der Waals surface area (Å²) in [5.41, 5.74) is 5.57. The predicted molar refractivity (Wildman–Crippen MR) is 87.3 cm³/mol. The molecule has 21 heavy (non-hydrogen) atoms. The largest absolute Gasteiger partial charge is 0.484 e. The first-order valence-corrected chi connectivity index (χ1v) is 7.83. The standard InChI is InChI=1S/C16H22N2O2S/c17-15(21)10-11-18(13-6-4-5-7-13)16(19)12-20-14-8-2-1-3-9-14/h1-3,8-9,13H,4-7,10-12H2,(H2,17,21). The third kappa shape index (κ3) is 5.01. The Labute approximate surface area is 131 Å². The highest BCUT2D eigenvalue weighted by molar-refractivity contribution is 7.80. The maximum Gasteiger partial charge on any atom is 0.260 e. The van der Waals surface area contributed by atoms with Crippen molar-refractivity contribution in [2.75, 3.05) is 13.2 Å². The van der Waals surface area contributed by atoms with Crippen LogP contribution < -0.4 is 10.5 Å². The third-order valence-corrected chi connectivity index (χ3v) is 3.99. The number of ether oxygens (including phenoxy) is 1. The molecule has 114 valence electrons. The van der Waals surface area contributed by atoms with Crippen LogP contribution in [0.2, 0.25) is 0 Å². The maximum atomic E-state index is 12.4. The zero-order chi connectivity index (χ0) is 15.1. The Morgan fingerprint density at radius 2 is 1.95 bits per heavy atom. The topological polar surface area (TPSA) is 55.6 Å². The van der Waals surface area contributed by atoms with E-state index in [-0.39, 0.29) is 12.5 Å². The lowest BCUT2D eigenvalue weighted by atomic mass is 10.2. The molecule has 1 saturated carbocycles. The molecule has 1 fully saturated rings. The highest BCUT2D eigenvalue weighted by Crippen LogP contribution is 2.24. The Bertz CT molecular complexity index is 472. The van der Waals surface area contributed by atoms with Crippen LogP contribution in [0, 0.1) is 0 Å². The van der Waals surface area contributed by atoms with E-state index in [2.05, 4.69) is 0 Å². The van der Waals surface area contributed by atoms with Crippen molar-refractivity contribution in [2.24, 2.45) is 5.73 Å². The van der Waals surface area contributed by atoms with E-state index in [4.69, 9.17) is 22.7 Å². The van der Waals surface area contributed by atoms with E-state index in [1.165, 1.54) is 12.8 Å². The Morgan fingerprint density at radius 1 is 1.29 bits per heavy atom. The molecule has 0 bridgehead atoms. The van der Waals surface area contributed by atoms with Gasteiger partial charge in [0.25, 0.3) is 5.91 Å². The van der Waals surface area contributed by atoms with Crippen LogP contribution in [-0.4, -0.2) is 35.0 Å². The molecule has 0 aliphatic heterocycles. The van der Waals surface area contributed by atoms with Gasteiger partial charge in [0.1, 0.15) is 5.75 Å². The van der Waals surface area contributed by atoms with Crippen LogP contribution in [0.4, 0.5) is 0 Å². The zero-order valence-electron chi connectivity index (χ0n) is 12.2. The number of hydrogen-bond acceptors (Lipinski definition) is 3. The number of hydrogen-bond donors (Lipinski definition) is 1. The Hall–Kier alpha value is -1.62. The second-order valence-electron chi connectivity index (χ2n) is 5.34. The molecule has 5 heteroatoms. The number of nitrogens with zero attached hydrogens (tertiary/aromatic N) is 1. The number of carbonyl (C=O) groups excluding carboxylic acids is 1. The van der Waals surface area contributed by atoms with Gasteiger partial charge < -0.3 is 15.4 Å². The minimum absolute atomic E-state index is 0.0157. The highest BCUT2D eigenvalue weighted by Gasteiger charge is 2.26. The van der Waals surface area contributed by atoms with E-state index in [0.717, 1.165) is 12.8 Å². The summed E-state index contributed by atoms with van der Waals surface area (Å²) in [4.78, 5) is 14.8. The average Bonchev–Trinajstić information content (AvgIpc) is 3.00. The fourth-order valence-electron chi connectivity index (χ4n) is 2.70. The van der Waals surface area contributed by atoms with Crippen LogP contribution >= 0.6 is 12.2 Å². The van der Waals surface area contributed by atoms with Crippen molar-refractivity contribution in [3.8, 4) is 5.75 Å². The van der Waals surface area contributed by atoms with Crippen LogP contribution in [0.15, 0.2) is 30.3 Å². The van der Waals surface area contributed by atoms with Gasteiger partial charge in [0, 0.05) is 19.0 Å². The lowest BCUT2D eigenvalue weighted by molar-refractivity contribution is -0.135. The number of rotatable bonds is 7. The summed E-state index contributed by atoms with van der Waals surface area (Å²) in [5.74, 6) is 0.730. The van der Waals surface area contributed by atoms with Crippen molar-refractivity contribution >= 4 is 23.1 Å². The molecule has 0 aromatic heterocycles.